The molecule has 2 nitrogen and oxygen atoms in total. The van der Waals surface area contributed by atoms with Gasteiger partial charge in [-0.05, 0) is 38.1 Å². The normalized spacial score (nSPS) is 43.2. The van der Waals surface area contributed by atoms with E-state index in [1.165, 1.54) is 32.1 Å². The van der Waals surface area contributed by atoms with E-state index in [9.17, 15) is 0 Å². The van der Waals surface area contributed by atoms with Gasteiger partial charge in [-0.1, -0.05) is 13.3 Å². The summed E-state index contributed by atoms with van der Waals surface area (Å²) < 4.78 is 5.87. The molecule has 0 radical (unpaired) electrons. The quantitative estimate of drug-likeness (QED) is 0.598. The van der Waals surface area contributed by atoms with Gasteiger partial charge < -0.3 is 4.74 Å². The number of ether oxygens (including phenoxy) is 1. The Morgan fingerprint density at radius 1 is 1.42 bits per heavy atom. The first-order valence-electron chi connectivity index (χ1n) is 5.20. The molecule has 0 bridgehead atoms. The Bertz CT molecular complexity index is 146. The minimum Gasteiger partial charge on any atom is -0.361 e. The Morgan fingerprint density at radius 3 is 3.00 bits per heavy atom. The Labute approximate surface area is 74.7 Å². The van der Waals surface area contributed by atoms with E-state index in [0.29, 0.717) is 0 Å². The molecule has 2 rings (SSSR count). The highest BCUT2D eigenvalue weighted by atomic mass is 16.5. The van der Waals surface area contributed by atoms with Gasteiger partial charge in [0.2, 0.25) is 0 Å². The average molecular weight is 169 g/mol. The zero-order chi connectivity index (χ0) is 8.44. The lowest BCUT2D eigenvalue weighted by molar-refractivity contribution is -0.125. The van der Waals surface area contributed by atoms with Crippen molar-refractivity contribution in [1.82, 2.24) is 5.32 Å². The lowest BCUT2D eigenvalue weighted by Gasteiger charge is -2.43. The molecule has 0 aromatic carbocycles. The van der Waals surface area contributed by atoms with Crippen LogP contribution in [0.25, 0.3) is 0 Å². The van der Waals surface area contributed by atoms with Crippen LogP contribution in [-0.4, -0.2) is 18.9 Å². The molecule has 1 saturated heterocycles. The predicted molar refractivity (Wildman–Crippen MR) is 48.9 cm³/mol. The molecule has 12 heavy (non-hydrogen) atoms. The molecule has 1 unspecified atom stereocenters. The third-order valence-electron chi connectivity index (χ3n) is 3.10. The summed E-state index contributed by atoms with van der Waals surface area (Å²) in [5.41, 5.74) is 0.0793. The third-order valence-corrected chi connectivity index (χ3v) is 3.10. The molecule has 1 saturated carbocycles. The summed E-state index contributed by atoms with van der Waals surface area (Å²) in [6.07, 6.45) is 6.32. The summed E-state index contributed by atoms with van der Waals surface area (Å²) in [7, 11) is 0. The van der Waals surface area contributed by atoms with Gasteiger partial charge in [0.1, 0.15) is 5.72 Å². The molecule has 1 aliphatic carbocycles. The van der Waals surface area contributed by atoms with Crippen LogP contribution in [0.2, 0.25) is 0 Å². The molecule has 1 spiro atoms. The summed E-state index contributed by atoms with van der Waals surface area (Å²) in [4.78, 5) is 0. The minimum absolute atomic E-state index is 0.0793. The van der Waals surface area contributed by atoms with E-state index >= 15 is 0 Å². The van der Waals surface area contributed by atoms with Crippen LogP contribution in [0.1, 0.15) is 39.0 Å². The van der Waals surface area contributed by atoms with Crippen LogP contribution in [-0.2, 0) is 4.74 Å². The lowest BCUT2D eigenvalue weighted by Crippen LogP contribution is -2.54. The Morgan fingerprint density at radius 2 is 2.33 bits per heavy atom. The fourth-order valence-electron chi connectivity index (χ4n) is 2.50. The molecule has 2 aliphatic rings. The highest BCUT2D eigenvalue weighted by Gasteiger charge is 2.36. The van der Waals surface area contributed by atoms with E-state index in [-0.39, 0.29) is 5.72 Å². The fourth-order valence-corrected chi connectivity index (χ4v) is 2.50. The van der Waals surface area contributed by atoms with Crippen molar-refractivity contribution >= 4 is 0 Å². The maximum absolute atomic E-state index is 5.87. The van der Waals surface area contributed by atoms with E-state index in [0.717, 1.165) is 19.1 Å². The second-order valence-electron chi connectivity index (χ2n) is 4.32. The van der Waals surface area contributed by atoms with E-state index < -0.39 is 0 Å². The fraction of sp³-hybridized carbons (Fsp3) is 1.00. The SMILES string of the molecule is C[C@@H]1CCCC2(C1)NCCCO2. The third kappa shape index (κ3) is 1.64. The first-order chi connectivity index (χ1) is 5.81. The average Bonchev–Trinajstić information content (AvgIpc) is 2.05. The molecular weight excluding hydrogens is 150 g/mol. The zero-order valence-corrected chi connectivity index (χ0v) is 7.94. The molecule has 0 aromatic rings. The topological polar surface area (TPSA) is 21.3 Å². The zero-order valence-electron chi connectivity index (χ0n) is 7.94. The first kappa shape index (κ1) is 8.52. The number of hydrogen-bond donors (Lipinski definition) is 1. The second-order valence-corrected chi connectivity index (χ2v) is 4.32. The van der Waals surface area contributed by atoms with E-state index in [1.807, 2.05) is 0 Å². The van der Waals surface area contributed by atoms with Crippen LogP contribution >= 0.6 is 0 Å². The van der Waals surface area contributed by atoms with Crippen LogP contribution in [0, 0.1) is 5.92 Å². The van der Waals surface area contributed by atoms with Gasteiger partial charge in [-0.3, -0.25) is 5.32 Å². The van der Waals surface area contributed by atoms with Crippen molar-refractivity contribution in [2.45, 2.75) is 44.8 Å². The maximum Gasteiger partial charge on any atom is 0.119 e. The summed E-state index contributed by atoms with van der Waals surface area (Å²) in [6, 6.07) is 0. The summed E-state index contributed by atoms with van der Waals surface area (Å²) in [6.45, 7) is 4.44. The van der Waals surface area contributed by atoms with Crippen LogP contribution in [0.3, 0.4) is 0 Å². The highest BCUT2D eigenvalue weighted by molar-refractivity contribution is 4.86. The molecule has 70 valence electrons. The molecular formula is C10H19NO. The van der Waals surface area contributed by atoms with Gasteiger partial charge in [0.15, 0.2) is 0 Å². The van der Waals surface area contributed by atoms with Gasteiger partial charge in [-0.25, -0.2) is 0 Å². The van der Waals surface area contributed by atoms with E-state index in [1.54, 1.807) is 0 Å². The largest absolute Gasteiger partial charge is 0.361 e. The van der Waals surface area contributed by atoms with Crippen LogP contribution in [0.15, 0.2) is 0 Å². The van der Waals surface area contributed by atoms with Crippen molar-refractivity contribution < 1.29 is 4.74 Å². The van der Waals surface area contributed by atoms with Gasteiger partial charge in [0, 0.05) is 0 Å². The lowest BCUT2D eigenvalue weighted by atomic mass is 9.83. The first-order valence-corrected chi connectivity index (χ1v) is 5.20. The van der Waals surface area contributed by atoms with E-state index in [4.69, 9.17) is 4.74 Å². The van der Waals surface area contributed by atoms with Crippen molar-refractivity contribution in [3.63, 3.8) is 0 Å². The van der Waals surface area contributed by atoms with Crippen molar-refractivity contribution in [2.75, 3.05) is 13.2 Å². The summed E-state index contributed by atoms with van der Waals surface area (Å²) in [5.74, 6) is 0.837. The van der Waals surface area contributed by atoms with Crippen molar-refractivity contribution in [1.29, 1.82) is 0 Å². The van der Waals surface area contributed by atoms with Crippen molar-refractivity contribution in [3.05, 3.63) is 0 Å². The molecule has 0 amide bonds. The molecule has 2 atom stereocenters. The molecule has 1 heterocycles. The van der Waals surface area contributed by atoms with E-state index in [2.05, 4.69) is 12.2 Å². The molecule has 1 aliphatic heterocycles. The molecule has 2 heteroatoms. The van der Waals surface area contributed by atoms with Gasteiger partial charge in [-0.2, -0.15) is 0 Å². The second kappa shape index (κ2) is 3.35. The van der Waals surface area contributed by atoms with Crippen molar-refractivity contribution in [2.24, 2.45) is 5.92 Å². The van der Waals surface area contributed by atoms with Gasteiger partial charge >= 0.3 is 0 Å². The number of hydrogen-bond acceptors (Lipinski definition) is 2. The van der Waals surface area contributed by atoms with Gasteiger partial charge in [0.25, 0.3) is 0 Å². The smallest absolute Gasteiger partial charge is 0.119 e. The molecule has 0 aromatic heterocycles. The Balaban J connectivity index is 1.97. The standard InChI is InChI=1S/C10H19NO/c1-9-4-2-5-10(8-9)11-6-3-7-12-10/h9,11H,2-8H2,1H3/t9-,10?/m1/s1. The maximum atomic E-state index is 5.87. The summed E-state index contributed by atoms with van der Waals surface area (Å²) >= 11 is 0. The monoisotopic (exact) mass is 169 g/mol. The van der Waals surface area contributed by atoms with Crippen molar-refractivity contribution in [3.8, 4) is 0 Å². The van der Waals surface area contributed by atoms with Crippen LogP contribution < -0.4 is 5.32 Å². The van der Waals surface area contributed by atoms with Crippen LogP contribution in [0.4, 0.5) is 0 Å². The van der Waals surface area contributed by atoms with Gasteiger partial charge in [-0.15, -0.1) is 0 Å². The highest BCUT2D eigenvalue weighted by Crippen LogP contribution is 2.34. The summed E-state index contributed by atoms with van der Waals surface area (Å²) in [5, 5.41) is 3.54. The van der Waals surface area contributed by atoms with Crippen LogP contribution in [0.5, 0.6) is 0 Å². The number of rotatable bonds is 0. The minimum atomic E-state index is 0.0793. The molecule has 1 N–H and O–H groups in total. The Kier molecular flexibility index (Phi) is 2.37. The number of nitrogens with one attached hydrogen (secondary N) is 1. The Hall–Kier alpha value is -0.0800. The van der Waals surface area contributed by atoms with Gasteiger partial charge in [0.05, 0.1) is 6.61 Å². The molecule has 2 fully saturated rings. The predicted octanol–water partition coefficient (Wildman–Crippen LogP) is 1.90.